The van der Waals surface area contributed by atoms with Crippen LogP contribution in [0.15, 0.2) is 18.2 Å². The first-order valence-corrected chi connectivity index (χ1v) is 8.25. The standard InChI is InChI=1S/C18H30N2O4/c1-6-23-16-11-14(12-19-9-10-22-5)7-8-15(16)24-13-17(21)20-18(2,3)4/h7-8,11,19H,6,9-10,12-13H2,1-5H3,(H,20,21). The predicted molar refractivity (Wildman–Crippen MR) is 94.6 cm³/mol. The van der Waals surface area contributed by atoms with Crippen LogP contribution < -0.4 is 20.1 Å². The summed E-state index contributed by atoms with van der Waals surface area (Å²) in [6.07, 6.45) is 0. The quantitative estimate of drug-likeness (QED) is 0.640. The van der Waals surface area contributed by atoms with Gasteiger partial charge in [-0.25, -0.2) is 0 Å². The fourth-order valence-electron chi connectivity index (χ4n) is 2.05. The monoisotopic (exact) mass is 338 g/mol. The van der Waals surface area contributed by atoms with Crippen LogP contribution in [-0.4, -0.2) is 44.9 Å². The van der Waals surface area contributed by atoms with E-state index in [1.807, 2.05) is 45.9 Å². The number of hydrogen-bond acceptors (Lipinski definition) is 5. The van der Waals surface area contributed by atoms with E-state index in [2.05, 4.69) is 10.6 Å². The Bertz CT molecular complexity index is 512. The van der Waals surface area contributed by atoms with Crippen molar-refractivity contribution in [2.45, 2.75) is 39.8 Å². The van der Waals surface area contributed by atoms with Crippen LogP contribution in [0, 0.1) is 0 Å². The van der Waals surface area contributed by atoms with Gasteiger partial charge in [0.05, 0.1) is 13.2 Å². The molecule has 136 valence electrons. The van der Waals surface area contributed by atoms with Gasteiger partial charge in [-0.1, -0.05) is 6.07 Å². The Morgan fingerprint density at radius 2 is 1.92 bits per heavy atom. The largest absolute Gasteiger partial charge is 0.490 e. The van der Waals surface area contributed by atoms with Gasteiger partial charge in [0.15, 0.2) is 18.1 Å². The fraction of sp³-hybridized carbons (Fsp3) is 0.611. The van der Waals surface area contributed by atoms with Crippen molar-refractivity contribution in [3.05, 3.63) is 23.8 Å². The van der Waals surface area contributed by atoms with Gasteiger partial charge in [-0.2, -0.15) is 0 Å². The fourth-order valence-corrected chi connectivity index (χ4v) is 2.05. The van der Waals surface area contributed by atoms with E-state index in [1.165, 1.54) is 0 Å². The minimum absolute atomic E-state index is 0.0389. The minimum Gasteiger partial charge on any atom is -0.490 e. The zero-order chi connectivity index (χ0) is 18.0. The van der Waals surface area contributed by atoms with Crippen LogP contribution in [0.2, 0.25) is 0 Å². The highest BCUT2D eigenvalue weighted by molar-refractivity contribution is 5.78. The third kappa shape index (κ3) is 8.17. The van der Waals surface area contributed by atoms with E-state index in [-0.39, 0.29) is 18.1 Å². The first kappa shape index (κ1) is 20.3. The second-order valence-corrected chi connectivity index (χ2v) is 6.47. The van der Waals surface area contributed by atoms with Crippen molar-refractivity contribution < 1.29 is 19.0 Å². The molecule has 24 heavy (non-hydrogen) atoms. The molecule has 2 N–H and O–H groups in total. The molecule has 0 spiro atoms. The molecule has 0 unspecified atom stereocenters. The smallest absolute Gasteiger partial charge is 0.258 e. The molecule has 0 aliphatic heterocycles. The molecule has 1 aromatic rings. The average molecular weight is 338 g/mol. The van der Waals surface area contributed by atoms with Gasteiger partial charge >= 0.3 is 0 Å². The maximum Gasteiger partial charge on any atom is 0.258 e. The van der Waals surface area contributed by atoms with Crippen LogP contribution in [0.4, 0.5) is 0 Å². The van der Waals surface area contributed by atoms with E-state index in [0.717, 1.165) is 12.1 Å². The molecule has 0 saturated carbocycles. The summed E-state index contributed by atoms with van der Waals surface area (Å²) >= 11 is 0. The van der Waals surface area contributed by atoms with Crippen molar-refractivity contribution in [1.29, 1.82) is 0 Å². The number of rotatable bonds is 10. The molecule has 1 aromatic carbocycles. The van der Waals surface area contributed by atoms with Crippen LogP contribution in [0.3, 0.4) is 0 Å². The van der Waals surface area contributed by atoms with Gasteiger partial charge in [0.1, 0.15) is 0 Å². The molecule has 0 saturated heterocycles. The summed E-state index contributed by atoms with van der Waals surface area (Å²) in [4.78, 5) is 11.9. The maximum absolute atomic E-state index is 11.9. The van der Waals surface area contributed by atoms with Gasteiger partial charge in [0.2, 0.25) is 0 Å². The minimum atomic E-state index is -0.277. The first-order chi connectivity index (χ1) is 11.4. The topological polar surface area (TPSA) is 68.8 Å². The molecule has 1 amide bonds. The number of methoxy groups -OCH3 is 1. The summed E-state index contributed by atoms with van der Waals surface area (Å²) in [6, 6.07) is 5.72. The lowest BCUT2D eigenvalue weighted by Crippen LogP contribution is -2.43. The number of carbonyl (C=O) groups excluding carboxylic acids is 1. The zero-order valence-electron chi connectivity index (χ0n) is 15.4. The summed E-state index contributed by atoms with van der Waals surface area (Å²) in [6.45, 7) is 10.4. The maximum atomic E-state index is 11.9. The van der Waals surface area contributed by atoms with Crippen LogP contribution in [0.1, 0.15) is 33.3 Å². The third-order valence-electron chi connectivity index (χ3n) is 2.99. The van der Waals surface area contributed by atoms with E-state index >= 15 is 0 Å². The molecule has 0 heterocycles. The highest BCUT2D eigenvalue weighted by Crippen LogP contribution is 2.28. The molecule has 6 nitrogen and oxygen atoms in total. The van der Waals surface area contributed by atoms with Gasteiger partial charge in [0.25, 0.3) is 5.91 Å². The summed E-state index contributed by atoms with van der Waals surface area (Å²) in [5.74, 6) is 1.06. The Morgan fingerprint density at radius 1 is 1.17 bits per heavy atom. The van der Waals surface area contributed by atoms with Gasteiger partial charge in [-0.15, -0.1) is 0 Å². The lowest BCUT2D eigenvalue weighted by atomic mass is 10.1. The molecule has 0 aliphatic carbocycles. The van der Waals surface area contributed by atoms with E-state index in [9.17, 15) is 4.79 Å². The Kier molecular flexibility index (Phi) is 8.57. The summed E-state index contributed by atoms with van der Waals surface area (Å²) in [5.41, 5.74) is 0.807. The first-order valence-electron chi connectivity index (χ1n) is 8.25. The van der Waals surface area contributed by atoms with Gasteiger partial charge in [-0.3, -0.25) is 4.79 Å². The van der Waals surface area contributed by atoms with Crippen LogP contribution in [0.25, 0.3) is 0 Å². The number of amides is 1. The Morgan fingerprint density at radius 3 is 2.54 bits per heavy atom. The number of nitrogens with one attached hydrogen (secondary N) is 2. The Hall–Kier alpha value is -1.79. The molecular formula is C18H30N2O4. The summed E-state index contributed by atoms with van der Waals surface area (Å²) in [7, 11) is 1.68. The van der Waals surface area contributed by atoms with Gasteiger partial charge < -0.3 is 24.8 Å². The van der Waals surface area contributed by atoms with E-state index in [1.54, 1.807) is 7.11 Å². The highest BCUT2D eigenvalue weighted by atomic mass is 16.5. The molecule has 0 aliphatic rings. The highest BCUT2D eigenvalue weighted by Gasteiger charge is 2.15. The van der Waals surface area contributed by atoms with E-state index < -0.39 is 0 Å². The van der Waals surface area contributed by atoms with Crippen LogP contribution >= 0.6 is 0 Å². The van der Waals surface area contributed by atoms with E-state index in [4.69, 9.17) is 14.2 Å². The Balaban J connectivity index is 2.64. The van der Waals surface area contributed by atoms with Crippen LogP contribution in [-0.2, 0) is 16.1 Å². The molecule has 6 heteroatoms. The van der Waals surface area contributed by atoms with Crippen molar-refractivity contribution in [1.82, 2.24) is 10.6 Å². The summed E-state index contributed by atoms with van der Waals surface area (Å²) in [5, 5.41) is 6.15. The molecule has 0 fully saturated rings. The van der Waals surface area contributed by atoms with Crippen molar-refractivity contribution in [2.24, 2.45) is 0 Å². The third-order valence-corrected chi connectivity index (χ3v) is 2.99. The van der Waals surface area contributed by atoms with E-state index in [0.29, 0.717) is 31.3 Å². The second kappa shape index (κ2) is 10.2. The molecule has 1 rings (SSSR count). The van der Waals surface area contributed by atoms with Crippen molar-refractivity contribution in [3.63, 3.8) is 0 Å². The predicted octanol–water partition coefficient (Wildman–Crippen LogP) is 2.11. The number of benzene rings is 1. The summed E-state index contributed by atoms with van der Waals surface area (Å²) < 4.78 is 16.3. The number of ether oxygens (including phenoxy) is 3. The van der Waals surface area contributed by atoms with Crippen molar-refractivity contribution in [3.8, 4) is 11.5 Å². The number of carbonyl (C=O) groups is 1. The second-order valence-electron chi connectivity index (χ2n) is 6.47. The molecule has 0 aromatic heterocycles. The van der Waals surface area contributed by atoms with Gasteiger partial charge in [0, 0.05) is 25.7 Å². The Labute approximate surface area is 144 Å². The normalized spacial score (nSPS) is 11.2. The van der Waals surface area contributed by atoms with Crippen molar-refractivity contribution >= 4 is 5.91 Å². The zero-order valence-corrected chi connectivity index (χ0v) is 15.4. The number of hydrogen-bond donors (Lipinski definition) is 2. The SMILES string of the molecule is CCOc1cc(CNCCOC)ccc1OCC(=O)NC(C)(C)C. The average Bonchev–Trinajstić information content (AvgIpc) is 2.49. The molecule has 0 atom stereocenters. The lowest BCUT2D eigenvalue weighted by molar-refractivity contribution is -0.124. The lowest BCUT2D eigenvalue weighted by Gasteiger charge is -2.21. The van der Waals surface area contributed by atoms with Gasteiger partial charge in [-0.05, 0) is 45.4 Å². The van der Waals surface area contributed by atoms with Crippen LogP contribution in [0.5, 0.6) is 11.5 Å². The van der Waals surface area contributed by atoms with Crippen molar-refractivity contribution in [2.75, 3.05) is 33.5 Å². The molecule has 0 radical (unpaired) electrons. The molecule has 0 bridgehead atoms. The molecular weight excluding hydrogens is 308 g/mol.